The summed E-state index contributed by atoms with van der Waals surface area (Å²) in [6.07, 6.45) is 3.54. The van der Waals surface area contributed by atoms with Crippen LogP contribution < -0.4 is 5.32 Å². The highest BCUT2D eigenvalue weighted by Crippen LogP contribution is 2.36. The highest BCUT2D eigenvalue weighted by molar-refractivity contribution is 7.20. The summed E-state index contributed by atoms with van der Waals surface area (Å²) >= 11 is 13.6. The van der Waals surface area contributed by atoms with Crippen LogP contribution in [0.2, 0.25) is 8.67 Å². The van der Waals surface area contributed by atoms with Crippen LogP contribution in [-0.4, -0.2) is 6.54 Å². The zero-order chi connectivity index (χ0) is 13.0. The van der Waals surface area contributed by atoms with Crippen LogP contribution in [0.4, 0.5) is 0 Å². The molecule has 2 rings (SSSR count). The van der Waals surface area contributed by atoms with Crippen LogP contribution in [-0.2, 0) is 6.42 Å². The molecule has 2 aromatic heterocycles. The van der Waals surface area contributed by atoms with Crippen molar-refractivity contribution in [1.29, 1.82) is 0 Å². The third-order valence-corrected chi connectivity index (χ3v) is 4.20. The highest BCUT2D eigenvalue weighted by atomic mass is 35.5. The van der Waals surface area contributed by atoms with E-state index in [2.05, 4.69) is 12.2 Å². The van der Waals surface area contributed by atoms with Gasteiger partial charge in [0.1, 0.15) is 5.76 Å². The van der Waals surface area contributed by atoms with Gasteiger partial charge in [-0.3, -0.25) is 0 Å². The molecule has 0 aromatic carbocycles. The SMILES string of the molecule is CCCNC(Cc1ccco1)c1cc(Cl)sc1Cl. The standard InChI is InChI=1S/C13H15Cl2NOS/c1-2-5-16-11(7-9-4-3-6-17-9)10-8-12(14)18-13(10)15/h3-4,6,8,11,16H,2,5,7H2,1H3. The van der Waals surface area contributed by atoms with Crippen molar-refractivity contribution in [3.05, 3.63) is 44.5 Å². The fraction of sp³-hybridized carbons (Fsp3) is 0.385. The Kier molecular flexibility index (Phi) is 5.13. The molecule has 2 aromatic rings. The molecule has 0 aliphatic rings. The van der Waals surface area contributed by atoms with Crippen molar-refractivity contribution in [3.63, 3.8) is 0 Å². The number of furan rings is 1. The highest BCUT2D eigenvalue weighted by Gasteiger charge is 2.18. The molecule has 0 amide bonds. The Labute approximate surface area is 121 Å². The van der Waals surface area contributed by atoms with Crippen molar-refractivity contribution in [2.75, 3.05) is 6.54 Å². The first kappa shape index (κ1) is 13.9. The molecule has 0 saturated heterocycles. The normalized spacial score (nSPS) is 12.8. The van der Waals surface area contributed by atoms with Gasteiger partial charge in [-0.15, -0.1) is 11.3 Å². The van der Waals surface area contributed by atoms with Gasteiger partial charge >= 0.3 is 0 Å². The third-order valence-electron chi connectivity index (χ3n) is 2.68. The molecule has 98 valence electrons. The number of halogens is 2. The summed E-state index contributed by atoms with van der Waals surface area (Å²) < 4.78 is 6.87. The van der Waals surface area contributed by atoms with Crippen molar-refractivity contribution in [2.45, 2.75) is 25.8 Å². The van der Waals surface area contributed by atoms with Crippen molar-refractivity contribution in [1.82, 2.24) is 5.32 Å². The summed E-state index contributed by atoms with van der Waals surface area (Å²) in [5, 5.41) is 3.48. The molecule has 1 atom stereocenters. The van der Waals surface area contributed by atoms with E-state index in [1.165, 1.54) is 11.3 Å². The maximum absolute atomic E-state index is 6.22. The Hall–Kier alpha value is -0.480. The first-order valence-corrected chi connectivity index (χ1v) is 7.48. The average molecular weight is 304 g/mol. The molecule has 0 bridgehead atoms. The van der Waals surface area contributed by atoms with Crippen molar-refractivity contribution in [3.8, 4) is 0 Å². The maximum atomic E-state index is 6.22. The minimum Gasteiger partial charge on any atom is -0.469 e. The van der Waals surface area contributed by atoms with Gasteiger partial charge in [0.25, 0.3) is 0 Å². The van der Waals surface area contributed by atoms with E-state index in [-0.39, 0.29) is 6.04 Å². The van der Waals surface area contributed by atoms with Crippen molar-refractivity contribution >= 4 is 34.5 Å². The van der Waals surface area contributed by atoms with Gasteiger partial charge in [-0.25, -0.2) is 0 Å². The van der Waals surface area contributed by atoms with E-state index >= 15 is 0 Å². The minimum atomic E-state index is 0.146. The second kappa shape index (κ2) is 6.62. The molecule has 0 saturated carbocycles. The summed E-state index contributed by atoms with van der Waals surface area (Å²) in [5.74, 6) is 0.946. The zero-order valence-corrected chi connectivity index (χ0v) is 12.4. The van der Waals surface area contributed by atoms with Gasteiger partial charge in [0.2, 0.25) is 0 Å². The Morgan fingerprint density at radius 1 is 1.44 bits per heavy atom. The molecule has 0 aliphatic heterocycles. The topological polar surface area (TPSA) is 25.2 Å². The number of rotatable bonds is 6. The molecule has 0 fully saturated rings. The quantitative estimate of drug-likeness (QED) is 0.818. The van der Waals surface area contributed by atoms with Crippen LogP contribution in [0.15, 0.2) is 28.9 Å². The predicted molar refractivity (Wildman–Crippen MR) is 77.8 cm³/mol. The maximum Gasteiger partial charge on any atom is 0.105 e. The largest absolute Gasteiger partial charge is 0.469 e. The first-order valence-electron chi connectivity index (χ1n) is 5.91. The van der Waals surface area contributed by atoms with Crippen LogP contribution in [0, 0.1) is 0 Å². The van der Waals surface area contributed by atoms with Crippen LogP contribution in [0.5, 0.6) is 0 Å². The van der Waals surface area contributed by atoms with E-state index in [1.54, 1.807) is 6.26 Å². The summed E-state index contributed by atoms with van der Waals surface area (Å²) in [5.41, 5.74) is 1.05. The van der Waals surface area contributed by atoms with Crippen LogP contribution in [0.3, 0.4) is 0 Å². The fourth-order valence-electron chi connectivity index (χ4n) is 1.83. The van der Waals surface area contributed by atoms with Gasteiger partial charge in [0.05, 0.1) is 14.9 Å². The number of hydrogen-bond donors (Lipinski definition) is 1. The van der Waals surface area contributed by atoms with Gasteiger partial charge in [0.15, 0.2) is 0 Å². The fourth-order valence-corrected chi connectivity index (χ4v) is 3.41. The lowest BCUT2D eigenvalue weighted by atomic mass is 10.1. The zero-order valence-electron chi connectivity index (χ0n) is 10.1. The van der Waals surface area contributed by atoms with Crippen molar-refractivity contribution < 1.29 is 4.42 Å². The van der Waals surface area contributed by atoms with Crippen molar-refractivity contribution in [2.24, 2.45) is 0 Å². The third kappa shape index (κ3) is 3.51. The summed E-state index contributed by atoms with van der Waals surface area (Å²) in [6, 6.07) is 5.95. The lowest BCUT2D eigenvalue weighted by molar-refractivity contribution is 0.450. The molecule has 1 N–H and O–H groups in total. The average Bonchev–Trinajstić information content (AvgIpc) is 2.94. The molecule has 0 radical (unpaired) electrons. The second-order valence-corrected chi connectivity index (χ2v) is 6.36. The Morgan fingerprint density at radius 3 is 2.83 bits per heavy atom. The van der Waals surface area contributed by atoms with Gasteiger partial charge in [-0.1, -0.05) is 30.1 Å². The number of nitrogens with one attached hydrogen (secondary N) is 1. The smallest absolute Gasteiger partial charge is 0.105 e. The number of thiophene rings is 1. The van der Waals surface area contributed by atoms with Crippen LogP contribution >= 0.6 is 34.5 Å². The van der Waals surface area contributed by atoms with E-state index in [0.29, 0.717) is 0 Å². The monoisotopic (exact) mass is 303 g/mol. The molecular formula is C13H15Cl2NOS. The molecule has 2 nitrogen and oxygen atoms in total. The van der Waals surface area contributed by atoms with Gasteiger partial charge < -0.3 is 9.73 Å². The molecule has 5 heteroatoms. The molecular weight excluding hydrogens is 289 g/mol. The number of hydrogen-bond acceptors (Lipinski definition) is 3. The summed E-state index contributed by atoms with van der Waals surface area (Å²) in [7, 11) is 0. The predicted octanol–water partition coefficient (Wildman–Crippen LogP) is 4.93. The van der Waals surface area contributed by atoms with E-state index in [9.17, 15) is 0 Å². The molecule has 18 heavy (non-hydrogen) atoms. The Balaban J connectivity index is 2.16. The van der Waals surface area contributed by atoms with Crippen LogP contribution in [0.1, 0.15) is 30.7 Å². The van der Waals surface area contributed by atoms with Gasteiger partial charge in [0, 0.05) is 18.0 Å². The summed E-state index contributed by atoms with van der Waals surface area (Å²) in [6.45, 7) is 3.08. The molecule has 2 heterocycles. The lowest BCUT2D eigenvalue weighted by Gasteiger charge is -2.17. The van der Waals surface area contributed by atoms with Crippen LogP contribution in [0.25, 0.3) is 0 Å². The Morgan fingerprint density at radius 2 is 2.28 bits per heavy atom. The molecule has 0 aliphatic carbocycles. The lowest BCUT2D eigenvalue weighted by Crippen LogP contribution is -2.23. The molecule has 0 spiro atoms. The molecule has 1 unspecified atom stereocenters. The van der Waals surface area contributed by atoms with Gasteiger partial charge in [-0.05, 0) is 31.2 Å². The first-order chi connectivity index (χ1) is 8.70. The van der Waals surface area contributed by atoms with E-state index in [1.807, 2.05) is 18.2 Å². The summed E-state index contributed by atoms with van der Waals surface area (Å²) in [4.78, 5) is 0. The second-order valence-electron chi connectivity index (χ2n) is 4.07. The van der Waals surface area contributed by atoms with Gasteiger partial charge in [-0.2, -0.15) is 0 Å². The Bertz CT molecular complexity index is 481. The van der Waals surface area contributed by atoms with E-state index in [0.717, 1.165) is 39.4 Å². The van der Waals surface area contributed by atoms with E-state index in [4.69, 9.17) is 27.6 Å². The minimum absolute atomic E-state index is 0.146. The van der Waals surface area contributed by atoms with E-state index < -0.39 is 0 Å².